The van der Waals surface area contributed by atoms with Crippen molar-refractivity contribution in [3.63, 3.8) is 0 Å². The molecule has 0 spiro atoms. The molecule has 1 rings (SSSR count). The number of nitriles is 1. The van der Waals surface area contributed by atoms with Crippen molar-refractivity contribution in [1.29, 1.82) is 5.26 Å². The van der Waals surface area contributed by atoms with E-state index in [1.54, 1.807) is 0 Å². The van der Waals surface area contributed by atoms with E-state index in [0.717, 1.165) is 19.5 Å². The van der Waals surface area contributed by atoms with Gasteiger partial charge < -0.3 is 10.2 Å². The highest BCUT2D eigenvalue weighted by molar-refractivity contribution is 5.38. The van der Waals surface area contributed by atoms with Gasteiger partial charge in [-0.25, -0.2) is 4.79 Å². The summed E-state index contributed by atoms with van der Waals surface area (Å²) in [5, 5.41) is 11.7. The Balaban J connectivity index is 2.51. The second-order valence-electron chi connectivity index (χ2n) is 3.68. The molecular weight excluding hydrogens is 206 g/mol. The predicted molar refractivity (Wildman–Crippen MR) is 61.2 cm³/mol. The molecule has 0 saturated heterocycles. The standard InChI is InChI=1S/C10H15N5O/c1-15(2)5-3-4-12-9-6-8(7-11)13-10(16)14-9/h6H,3-5H2,1-2H3,(H2,12,13,14,16). The first-order valence-corrected chi connectivity index (χ1v) is 5.02. The molecule has 0 atom stereocenters. The number of nitrogens with one attached hydrogen (secondary N) is 2. The fourth-order valence-electron chi connectivity index (χ4n) is 1.22. The van der Waals surface area contributed by atoms with Crippen molar-refractivity contribution < 1.29 is 0 Å². The highest BCUT2D eigenvalue weighted by atomic mass is 16.1. The summed E-state index contributed by atoms with van der Waals surface area (Å²) < 4.78 is 0. The van der Waals surface area contributed by atoms with Crippen molar-refractivity contribution in [2.75, 3.05) is 32.5 Å². The first kappa shape index (κ1) is 12.2. The van der Waals surface area contributed by atoms with E-state index >= 15 is 0 Å². The van der Waals surface area contributed by atoms with E-state index < -0.39 is 5.69 Å². The Hall–Kier alpha value is -1.87. The van der Waals surface area contributed by atoms with Crippen LogP contribution >= 0.6 is 0 Å². The van der Waals surface area contributed by atoms with Gasteiger partial charge in [-0.05, 0) is 27.1 Å². The van der Waals surface area contributed by atoms with Crippen LogP contribution in [0, 0.1) is 11.3 Å². The molecule has 1 heterocycles. The number of hydrogen-bond acceptors (Lipinski definition) is 5. The number of nitrogens with zero attached hydrogens (tertiary/aromatic N) is 3. The molecule has 0 aliphatic carbocycles. The van der Waals surface area contributed by atoms with Crippen LogP contribution in [0.1, 0.15) is 12.1 Å². The quantitative estimate of drug-likeness (QED) is 0.684. The van der Waals surface area contributed by atoms with Gasteiger partial charge in [0.25, 0.3) is 0 Å². The monoisotopic (exact) mass is 221 g/mol. The molecule has 0 bridgehead atoms. The van der Waals surface area contributed by atoms with Crippen molar-refractivity contribution >= 4 is 5.82 Å². The first-order chi connectivity index (χ1) is 7.61. The zero-order valence-electron chi connectivity index (χ0n) is 9.45. The van der Waals surface area contributed by atoms with Gasteiger partial charge in [0.2, 0.25) is 0 Å². The molecule has 0 radical (unpaired) electrons. The van der Waals surface area contributed by atoms with E-state index in [0.29, 0.717) is 5.82 Å². The molecule has 1 aromatic rings. The summed E-state index contributed by atoms with van der Waals surface area (Å²) in [5.74, 6) is 0.444. The third-order valence-electron chi connectivity index (χ3n) is 1.95. The number of aromatic amines is 1. The highest BCUT2D eigenvalue weighted by Crippen LogP contribution is 2.00. The maximum Gasteiger partial charge on any atom is 0.347 e. The predicted octanol–water partition coefficient (Wildman–Crippen LogP) is 0.00518. The SMILES string of the molecule is CN(C)CCCNc1cc(C#N)[nH]c(=O)n1. The van der Waals surface area contributed by atoms with Crippen LogP contribution in [0.4, 0.5) is 5.82 Å². The number of rotatable bonds is 5. The second kappa shape index (κ2) is 5.88. The van der Waals surface area contributed by atoms with Gasteiger partial charge in [-0.1, -0.05) is 0 Å². The minimum Gasteiger partial charge on any atom is -0.370 e. The van der Waals surface area contributed by atoms with Gasteiger partial charge in [-0.3, -0.25) is 4.98 Å². The van der Waals surface area contributed by atoms with E-state index in [-0.39, 0.29) is 5.69 Å². The molecule has 86 valence electrons. The molecule has 1 aromatic heterocycles. The molecule has 0 aromatic carbocycles. The van der Waals surface area contributed by atoms with Gasteiger partial charge in [0.1, 0.15) is 17.6 Å². The van der Waals surface area contributed by atoms with Crippen LogP contribution in [0.5, 0.6) is 0 Å². The Labute approximate surface area is 93.9 Å². The molecule has 0 fully saturated rings. The van der Waals surface area contributed by atoms with Crippen molar-refractivity contribution in [1.82, 2.24) is 14.9 Å². The molecule has 0 unspecified atom stereocenters. The van der Waals surface area contributed by atoms with E-state index in [1.807, 2.05) is 20.2 Å². The first-order valence-electron chi connectivity index (χ1n) is 5.02. The van der Waals surface area contributed by atoms with Crippen LogP contribution in [0.25, 0.3) is 0 Å². The largest absolute Gasteiger partial charge is 0.370 e. The van der Waals surface area contributed by atoms with Gasteiger partial charge in [-0.2, -0.15) is 10.2 Å². The number of anilines is 1. The molecular formula is C10H15N5O. The van der Waals surface area contributed by atoms with Gasteiger partial charge in [0.05, 0.1) is 0 Å². The summed E-state index contributed by atoms with van der Waals surface area (Å²) in [7, 11) is 4.00. The lowest BCUT2D eigenvalue weighted by molar-refractivity contribution is 0.405. The van der Waals surface area contributed by atoms with Crippen LogP contribution in [-0.4, -0.2) is 42.1 Å². The minimum atomic E-state index is -0.505. The smallest absolute Gasteiger partial charge is 0.347 e. The van der Waals surface area contributed by atoms with Crippen molar-refractivity contribution in [2.24, 2.45) is 0 Å². The maximum absolute atomic E-state index is 11.0. The van der Waals surface area contributed by atoms with Gasteiger partial charge in [-0.15, -0.1) is 0 Å². The second-order valence-corrected chi connectivity index (χ2v) is 3.68. The van der Waals surface area contributed by atoms with Gasteiger partial charge in [0, 0.05) is 12.6 Å². The Morgan fingerprint density at radius 3 is 3.00 bits per heavy atom. The Bertz CT molecular complexity index is 432. The fraction of sp³-hybridized carbons (Fsp3) is 0.500. The zero-order valence-corrected chi connectivity index (χ0v) is 9.45. The third-order valence-corrected chi connectivity index (χ3v) is 1.95. The minimum absolute atomic E-state index is 0.218. The van der Waals surface area contributed by atoms with E-state index in [9.17, 15) is 4.79 Å². The fourth-order valence-corrected chi connectivity index (χ4v) is 1.22. The van der Waals surface area contributed by atoms with Gasteiger partial charge >= 0.3 is 5.69 Å². The third kappa shape index (κ3) is 4.11. The van der Waals surface area contributed by atoms with Crippen molar-refractivity contribution in [2.45, 2.75) is 6.42 Å². The van der Waals surface area contributed by atoms with E-state index in [1.165, 1.54) is 6.07 Å². The summed E-state index contributed by atoms with van der Waals surface area (Å²) in [6, 6.07) is 3.40. The summed E-state index contributed by atoms with van der Waals surface area (Å²) in [5.41, 5.74) is -0.288. The van der Waals surface area contributed by atoms with Crippen molar-refractivity contribution in [3.8, 4) is 6.07 Å². The topological polar surface area (TPSA) is 84.8 Å². The van der Waals surface area contributed by atoms with Crippen LogP contribution in [-0.2, 0) is 0 Å². The molecule has 6 heteroatoms. The van der Waals surface area contributed by atoms with Gasteiger partial charge in [0.15, 0.2) is 0 Å². The Kier molecular flexibility index (Phi) is 4.48. The maximum atomic E-state index is 11.0. The normalized spacial score (nSPS) is 10.1. The van der Waals surface area contributed by atoms with E-state index in [2.05, 4.69) is 20.2 Å². The molecule has 0 saturated carbocycles. The average Bonchev–Trinajstić information content (AvgIpc) is 2.23. The van der Waals surface area contributed by atoms with Crippen LogP contribution in [0.3, 0.4) is 0 Å². The average molecular weight is 221 g/mol. The molecule has 6 nitrogen and oxygen atoms in total. The molecule has 16 heavy (non-hydrogen) atoms. The number of aromatic nitrogens is 2. The summed E-state index contributed by atoms with van der Waals surface area (Å²) in [6.45, 7) is 1.68. The summed E-state index contributed by atoms with van der Waals surface area (Å²) in [6.07, 6.45) is 0.948. The lowest BCUT2D eigenvalue weighted by Crippen LogP contribution is -2.19. The number of H-pyrrole nitrogens is 1. The highest BCUT2D eigenvalue weighted by Gasteiger charge is 1.99. The van der Waals surface area contributed by atoms with E-state index in [4.69, 9.17) is 5.26 Å². The van der Waals surface area contributed by atoms with Crippen molar-refractivity contribution in [3.05, 3.63) is 22.2 Å². The summed E-state index contributed by atoms with van der Waals surface area (Å²) >= 11 is 0. The molecule has 2 N–H and O–H groups in total. The van der Waals surface area contributed by atoms with Crippen LogP contribution in [0.2, 0.25) is 0 Å². The molecule has 0 aliphatic rings. The van der Waals surface area contributed by atoms with Crippen LogP contribution < -0.4 is 11.0 Å². The summed E-state index contributed by atoms with van der Waals surface area (Å²) in [4.78, 5) is 19.2. The molecule has 0 amide bonds. The van der Waals surface area contributed by atoms with Crippen LogP contribution in [0.15, 0.2) is 10.9 Å². The number of hydrogen-bond donors (Lipinski definition) is 2. The Morgan fingerprint density at radius 1 is 1.62 bits per heavy atom. The molecule has 0 aliphatic heterocycles. The lowest BCUT2D eigenvalue weighted by atomic mass is 10.4. The lowest BCUT2D eigenvalue weighted by Gasteiger charge is -2.09. The zero-order chi connectivity index (χ0) is 12.0. The Morgan fingerprint density at radius 2 is 2.38 bits per heavy atom.